The number of nitrogens with one attached hydrogen (secondary N) is 1. The summed E-state index contributed by atoms with van der Waals surface area (Å²) in [4.78, 5) is 14.4. The monoisotopic (exact) mass is 390 g/mol. The number of methoxy groups -OCH3 is 3. The molecule has 1 aliphatic rings. The molecule has 0 aliphatic carbocycles. The van der Waals surface area contributed by atoms with Gasteiger partial charge >= 0.3 is 6.03 Å². The molecule has 1 heterocycles. The van der Waals surface area contributed by atoms with E-state index < -0.39 is 0 Å². The first kappa shape index (κ1) is 19.8. The fourth-order valence-electron chi connectivity index (χ4n) is 3.07. The average molecular weight is 390 g/mol. The second-order valence-corrected chi connectivity index (χ2v) is 6.20. The summed E-state index contributed by atoms with van der Waals surface area (Å²) in [5.41, 5.74) is 1.34. The number of nitrogens with zero attached hydrogens (tertiary/aromatic N) is 1. The van der Waals surface area contributed by atoms with Crippen LogP contribution in [0.2, 0.25) is 0 Å². The van der Waals surface area contributed by atoms with Crippen molar-refractivity contribution in [3.05, 3.63) is 47.8 Å². The molecule has 150 valence electrons. The smallest absolute Gasteiger partial charge is 0.322 e. The lowest BCUT2D eigenvalue weighted by atomic mass is 10.1. The van der Waals surface area contributed by atoms with Gasteiger partial charge in [0.1, 0.15) is 11.9 Å². The molecule has 0 radical (unpaired) electrons. The van der Waals surface area contributed by atoms with E-state index in [1.165, 1.54) is 33.5 Å². The summed E-state index contributed by atoms with van der Waals surface area (Å²) < 4.78 is 34.8. The van der Waals surface area contributed by atoms with Gasteiger partial charge < -0.3 is 29.2 Å². The van der Waals surface area contributed by atoms with E-state index in [1.807, 2.05) is 0 Å². The number of rotatable bonds is 5. The molecule has 0 spiro atoms. The van der Waals surface area contributed by atoms with Crippen molar-refractivity contribution in [1.29, 1.82) is 0 Å². The number of carbonyl (C=O) groups is 1. The van der Waals surface area contributed by atoms with Crippen LogP contribution < -0.4 is 19.5 Å². The normalized spacial score (nSPS) is 16.4. The van der Waals surface area contributed by atoms with Crippen LogP contribution in [-0.2, 0) is 4.74 Å². The second-order valence-electron chi connectivity index (χ2n) is 6.20. The topological polar surface area (TPSA) is 69.3 Å². The van der Waals surface area contributed by atoms with Crippen LogP contribution in [0.25, 0.3) is 0 Å². The zero-order chi connectivity index (χ0) is 20.1. The molecule has 1 saturated heterocycles. The number of amides is 2. The predicted octanol–water partition coefficient (Wildman–Crippen LogP) is 3.46. The Hall–Kier alpha value is -3.00. The molecule has 28 heavy (non-hydrogen) atoms. The molecule has 1 unspecified atom stereocenters. The molecule has 1 aliphatic heterocycles. The summed E-state index contributed by atoms with van der Waals surface area (Å²) in [6.07, 6.45) is -0.306. The summed E-state index contributed by atoms with van der Waals surface area (Å²) in [6.45, 7) is 1.21. The van der Waals surface area contributed by atoms with E-state index in [4.69, 9.17) is 18.9 Å². The minimum atomic E-state index is -0.309. The first-order chi connectivity index (χ1) is 13.5. The van der Waals surface area contributed by atoms with Crippen LogP contribution in [0.4, 0.5) is 14.9 Å². The number of anilines is 1. The molecule has 8 heteroatoms. The number of carbonyl (C=O) groups excluding carboxylic acids is 1. The van der Waals surface area contributed by atoms with Gasteiger partial charge in [0.25, 0.3) is 0 Å². The van der Waals surface area contributed by atoms with Gasteiger partial charge in [-0.2, -0.15) is 0 Å². The van der Waals surface area contributed by atoms with Crippen LogP contribution in [0.3, 0.4) is 0 Å². The zero-order valence-electron chi connectivity index (χ0n) is 16.0. The summed E-state index contributed by atoms with van der Waals surface area (Å²) in [5, 5.41) is 2.85. The zero-order valence-corrected chi connectivity index (χ0v) is 16.0. The molecule has 0 aromatic heterocycles. The van der Waals surface area contributed by atoms with Gasteiger partial charge in [-0.1, -0.05) is 12.1 Å². The third kappa shape index (κ3) is 4.28. The van der Waals surface area contributed by atoms with Crippen LogP contribution >= 0.6 is 0 Å². The molecule has 3 rings (SSSR count). The Bertz CT molecular complexity index is 803. The van der Waals surface area contributed by atoms with E-state index in [-0.39, 0.29) is 18.0 Å². The minimum Gasteiger partial charge on any atom is -0.493 e. The number of urea groups is 1. The highest BCUT2D eigenvalue weighted by atomic mass is 19.1. The summed E-state index contributed by atoms with van der Waals surface area (Å²) in [7, 11) is 4.54. The van der Waals surface area contributed by atoms with Gasteiger partial charge in [0.05, 0.1) is 40.2 Å². The SMILES string of the molecule is COc1cc(NC(=O)N2CCOC(c3ccc(F)cc3)C2)cc(OC)c1OC. The molecule has 1 fully saturated rings. The highest BCUT2D eigenvalue weighted by Crippen LogP contribution is 2.40. The lowest BCUT2D eigenvalue weighted by Crippen LogP contribution is -2.44. The van der Waals surface area contributed by atoms with Crippen LogP contribution in [0.5, 0.6) is 17.2 Å². The van der Waals surface area contributed by atoms with Gasteiger partial charge in [0, 0.05) is 18.7 Å². The van der Waals surface area contributed by atoms with Crippen molar-refractivity contribution in [3.8, 4) is 17.2 Å². The van der Waals surface area contributed by atoms with Crippen molar-refractivity contribution < 1.29 is 28.1 Å². The Balaban J connectivity index is 1.72. The molecule has 2 amide bonds. The van der Waals surface area contributed by atoms with E-state index in [0.29, 0.717) is 42.6 Å². The minimum absolute atomic E-state index is 0.273. The quantitative estimate of drug-likeness (QED) is 0.847. The van der Waals surface area contributed by atoms with Gasteiger partial charge in [-0.3, -0.25) is 0 Å². The van der Waals surface area contributed by atoms with Crippen molar-refractivity contribution in [2.75, 3.05) is 46.3 Å². The molecule has 7 nitrogen and oxygen atoms in total. The molecular weight excluding hydrogens is 367 g/mol. The predicted molar refractivity (Wildman–Crippen MR) is 102 cm³/mol. The molecule has 1 atom stereocenters. The van der Waals surface area contributed by atoms with Crippen LogP contribution in [0, 0.1) is 5.82 Å². The second kappa shape index (κ2) is 8.79. The van der Waals surface area contributed by atoms with Gasteiger partial charge in [0.15, 0.2) is 11.5 Å². The van der Waals surface area contributed by atoms with Crippen LogP contribution in [-0.4, -0.2) is 52.0 Å². The fraction of sp³-hybridized carbons (Fsp3) is 0.350. The van der Waals surface area contributed by atoms with Gasteiger partial charge in [-0.15, -0.1) is 0 Å². The Labute approximate surface area is 162 Å². The lowest BCUT2D eigenvalue weighted by molar-refractivity contribution is -0.0135. The number of hydrogen-bond donors (Lipinski definition) is 1. The number of morpholine rings is 1. The Morgan fingerprint density at radius 1 is 1.11 bits per heavy atom. The Kier molecular flexibility index (Phi) is 6.20. The first-order valence-electron chi connectivity index (χ1n) is 8.78. The number of ether oxygens (including phenoxy) is 4. The molecule has 0 saturated carbocycles. The molecule has 2 aromatic rings. The molecular formula is C20H23FN2O5. The molecule has 2 aromatic carbocycles. The first-order valence-corrected chi connectivity index (χ1v) is 8.78. The van der Waals surface area contributed by atoms with Gasteiger partial charge in [0.2, 0.25) is 5.75 Å². The number of halogens is 1. The molecule has 1 N–H and O–H groups in total. The van der Waals surface area contributed by atoms with E-state index in [9.17, 15) is 9.18 Å². The maximum absolute atomic E-state index is 13.1. The maximum Gasteiger partial charge on any atom is 0.322 e. The van der Waals surface area contributed by atoms with Crippen molar-refractivity contribution >= 4 is 11.7 Å². The van der Waals surface area contributed by atoms with E-state index in [1.54, 1.807) is 29.2 Å². The number of hydrogen-bond acceptors (Lipinski definition) is 5. The summed E-state index contributed by atoms with van der Waals surface area (Å²) >= 11 is 0. The van der Waals surface area contributed by atoms with E-state index >= 15 is 0 Å². The third-order valence-corrected chi connectivity index (χ3v) is 4.51. The van der Waals surface area contributed by atoms with Crippen molar-refractivity contribution in [1.82, 2.24) is 4.90 Å². The highest BCUT2D eigenvalue weighted by Gasteiger charge is 2.26. The summed E-state index contributed by atoms with van der Waals surface area (Å²) in [6, 6.07) is 9.15. The fourth-order valence-corrected chi connectivity index (χ4v) is 3.07. The van der Waals surface area contributed by atoms with Crippen molar-refractivity contribution in [3.63, 3.8) is 0 Å². The number of benzene rings is 2. The summed E-state index contributed by atoms with van der Waals surface area (Å²) in [5.74, 6) is 1.04. The standard InChI is InChI=1S/C20H23FN2O5/c1-25-16-10-15(11-17(26-2)19(16)27-3)22-20(24)23-8-9-28-18(12-23)13-4-6-14(21)7-5-13/h4-7,10-11,18H,8-9,12H2,1-3H3,(H,22,24). The van der Waals surface area contributed by atoms with Crippen LogP contribution in [0.15, 0.2) is 36.4 Å². The van der Waals surface area contributed by atoms with Crippen molar-refractivity contribution in [2.24, 2.45) is 0 Å². The van der Waals surface area contributed by atoms with Crippen LogP contribution in [0.1, 0.15) is 11.7 Å². The Morgan fingerprint density at radius 2 is 1.75 bits per heavy atom. The Morgan fingerprint density at radius 3 is 2.32 bits per heavy atom. The van der Waals surface area contributed by atoms with Gasteiger partial charge in [-0.05, 0) is 17.7 Å². The average Bonchev–Trinajstić information content (AvgIpc) is 2.73. The third-order valence-electron chi connectivity index (χ3n) is 4.51. The maximum atomic E-state index is 13.1. The lowest BCUT2D eigenvalue weighted by Gasteiger charge is -2.33. The van der Waals surface area contributed by atoms with E-state index in [2.05, 4.69) is 5.32 Å². The van der Waals surface area contributed by atoms with Crippen molar-refractivity contribution in [2.45, 2.75) is 6.10 Å². The molecule has 0 bridgehead atoms. The van der Waals surface area contributed by atoms with E-state index in [0.717, 1.165) is 5.56 Å². The van der Waals surface area contributed by atoms with Gasteiger partial charge in [-0.25, -0.2) is 9.18 Å². The largest absolute Gasteiger partial charge is 0.493 e. The highest BCUT2D eigenvalue weighted by molar-refractivity contribution is 5.90.